The van der Waals surface area contributed by atoms with Crippen LogP contribution in [0, 0.1) is 22.2 Å². The van der Waals surface area contributed by atoms with Gasteiger partial charge >= 0.3 is 5.97 Å². The average molecular weight is 423 g/mol. The molecule has 4 heteroatoms. The molecule has 0 aromatic carbocycles. The van der Waals surface area contributed by atoms with Crippen LogP contribution in [0.15, 0.2) is 34.4 Å². The molecule has 5 rings (SSSR count). The summed E-state index contributed by atoms with van der Waals surface area (Å²) >= 11 is 0. The van der Waals surface area contributed by atoms with Crippen LogP contribution in [0.3, 0.4) is 0 Å². The van der Waals surface area contributed by atoms with E-state index in [4.69, 9.17) is 4.74 Å². The van der Waals surface area contributed by atoms with Crippen molar-refractivity contribution in [3.05, 3.63) is 34.4 Å². The molecule has 2 saturated carbocycles. The Kier molecular flexibility index (Phi) is 4.56. The maximum absolute atomic E-state index is 13.4. The summed E-state index contributed by atoms with van der Waals surface area (Å²) in [6.07, 6.45) is 10.9. The van der Waals surface area contributed by atoms with Crippen molar-refractivity contribution >= 4 is 17.5 Å². The van der Waals surface area contributed by atoms with Gasteiger partial charge in [0.2, 0.25) is 0 Å². The van der Waals surface area contributed by atoms with E-state index < -0.39 is 11.3 Å². The first-order chi connectivity index (χ1) is 14.7. The number of allylic oxidation sites excluding steroid dienone is 4. The van der Waals surface area contributed by atoms with Crippen molar-refractivity contribution in [3.63, 3.8) is 0 Å². The lowest BCUT2D eigenvalue weighted by Gasteiger charge is -2.51. The second-order valence-electron chi connectivity index (χ2n) is 11.0. The van der Waals surface area contributed by atoms with Crippen LogP contribution in [-0.2, 0) is 19.1 Å². The van der Waals surface area contributed by atoms with E-state index in [2.05, 4.69) is 19.9 Å². The fraction of sp³-hybridized carbons (Fsp3) is 0.667. The summed E-state index contributed by atoms with van der Waals surface area (Å²) in [5, 5.41) is 0. The molecule has 0 amide bonds. The van der Waals surface area contributed by atoms with Crippen molar-refractivity contribution in [3.8, 4) is 0 Å². The molecular formula is C27H34O4. The van der Waals surface area contributed by atoms with Crippen LogP contribution in [0.2, 0.25) is 0 Å². The Morgan fingerprint density at radius 2 is 1.94 bits per heavy atom. The number of hydrogen-bond acceptors (Lipinski definition) is 4. The van der Waals surface area contributed by atoms with Gasteiger partial charge in [0.25, 0.3) is 0 Å². The first kappa shape index (κ1) is 20.9. The van der Waals surface area contributed by atoms with Crippen LogP contribution < -0.4 is 0 Å². The minimum Gasteiger partial charge on any atom is -0.462 e. The van der Waals surface area contributed by atoms with Gasteiger partial charge in [-0.05, 0) is 62.0 Å². The molecule has 166 valence electrons. The van der Waals surface area contributed by atoms with Gasteiger partial charge in [-0.15, -0.1) is 0 Å². The van der Waals surface area contributed by atoms with Crippen molar-refractivity contribution in [2.75, 3.05) is 0 Å². The quantitative estimate of drug-likeness (QED) is 0.450. The van der Waals surface area contributed by atoms with Crippen molar-refractivity contribution < 1.29 is 19.1 Å². The minimum absolute atomic E-state index is 0.0312. The average Bonchev–Trinajstić information content (AvgIpc) is 3.18. The number of hydrogen-bond donors (Lipinski definition) is 0. The molecule has 5 atom stereocenters. The summed E-state index contributed by atoms with van der Waals surface area (Å²) in [6, 6.07) is 0. The first-order valence-corrected chi connectivity index (χ1v) is 12.1. The number of rotatable bonds is 3. The maximum Gasteiger partial charge on any atom is 0.317 e. The molecule has 2 fully saturated rings. The molecule has 4 nitrogen and oxygen atoms in total. The van der Waals surface area contributed by atoms with Crippen LogP contribution in [0.25, 0.3) is 0 Å². The topological polar surface area (TPSA) is 60.4 Å². The van der Waals surface area contributed by atoms with Crippen LogP contribution in [0.5, 0.6) is 0 Å². The molecular weight excluding hydrogens is 388 g/mol. The van der Waals surface area contributed by atoms with E-state index in [1.54, 1.807) is 0 Å². The van der Waals surface area contributed by atoms with Crippen molar-refractivity contribution in [2.45, 2.75) is 91.6 Å². The summed E-state index contributed by atoms with van der Waals surface area (Å²) in [6.45, 7) is 8.45. The predicted molar refractivity (Wildman–Crippen MR) is 118 cm³/mol. The van der Waals surface area contributed by atoms with Gasteiger partial charge in [-0.1, -0.05) is 44.1 Å². The fourth-order valence-corrected chi connectivity index (χ4v) is 7.32. The van der Waals surface area contributed by atoms with E-state index in [0.717, 1.165) is 55.2 Å². The van der Waals surface area contributed by atoms with Crippen LogP contribution >= 0.6 is 0 Å². The largest absolute Gasteiger partial charge is 0.462 e. The third-order valence-electron chi connectivity index (χ3n) is 9.48. The van der Waals surface area contributed by atoms with Crippen molar-refractivity contribution in [1.29, 1.82) is 0 Å². The van der Waals surface area contributed by atoms with E-state index in [9.17, 15) is 14.4 Å². The van der Waals surface area contributed by atoms with E-state index in [-0.39, 0.29) is 28.7 Å². The standard InChI is InChI=1S/C27H34O4/c1-5-16(2)31-24(30)19-15-17-14-18(28)6-12-26(17,4)20-8-13-27-21(23(19)20)7-10-25(27,3)11-9-22(27)29/h7,15-16,19H,5-6,8-14H2,1-4H3/t16?,19-,25+,26?,27?/m1/s1. The molecule has 5 aliphatic rings. The highest BCUT2D eigenvalue weighted by Gasteiger charge is 2.65. The number of ether oxygens (including phenoxy) is 1. The van der Waals surface area contributed by atoms with Gasteiger partial charge in [0.1, 0.15) is 17.5 Å². The molecule has 3 unspecified atom stereocenters. The lowest BCUT2D eigenvalue weighted by atomic mass is 9.51. The zero-order chi connectivity index (χ0) is 22.2. The molecule has 0 aromatic heterocycles. The highest BCUT2D eigenvalue weighted by atomic mass is 16.5. The van der Waals surface area contributed by atoms with Crippen molar-refractivity contribution in [2.24, 2.45) is 22.2 Å². The van der Waals surface area contributed by atoms with Gasteiger partial charge in [-0.25, -0.2) is 0 Å². The van der Waals surface area contributed by atoms with Gasteiger partial charge in [-0.2, -0.15) is 0 Å². The van der Waals surface area contributed by atoms with Crippen LogP contribution in [-0.4, -0.2) is 23.6 Å². The Hall–Kier alpha value is -1.97. The Morgan fingerprint density at radius 3 is 2.68 bits per heavy atom. The summed E-state index contributed by atoms with van der Waals surface area (Å²) in [7, 11) is 0. The summed E-state index contributed by atoms with van der Waals surface area (Å²) in [4.78, 5) is 39.1. The molecule has 0 bridgehead atoms. The fourth-order valence-electron chi connectivity index (χ4n) is 7.32. The molecule has 0 aromatic rings. The molecule has 0 aliphatic heterocycles. The number of fused-ring (bicyclic) bond motifs is 3. The van der Waals surface area contributed by atoms with E-state index >= 15 is 0 Å². The number of esters is 1. The molecule has 0 radical (unpaired) electrons. The Balaban J connectivity index is 1.66. The van der Waals surface area contributed by atoms with E-state index in [1.165, 1.54) is 5.57 Å². The predicted octanol–water partition coefficient (Wildman–Crippen LogP) is 5.42. The number of carbonyl (C=O) groups is 3. The molecule has 1 spiro atoms. The van der Waals surface area contributed by atoms with Crippen LogP contribution in [0.4, 0.5) is 0 Å². The van der Waals surface area contributed by atoms with E-state index in [1.807, 2.05) is 19.9 Å². The Morgan fingerprint density at radius 1 is 1.16 bits per heavy atom. The highest BCUT2D eigenvalue weighted by Crippen LogP contribution is 2.70. The lowest BCUT2D eigenvalue weighted by molar-refractivity contribution is -0.150. The highest BCUT2D eigenvalue weighted by molar-refractivity contribution is 5.96. The third kappa shape index (κ3) is 2.63. The zero-order valence-electron chi connectivity index (χ0n) is 19.3. The molecule has 0 heterocycles. The van der Waals surface area contributed by atoms with Gasteiger partial charge in [0, 0.05) is 24.7 Å². The Labute approximate surface area is 185 Å². The second-order valence-corrected chi connectivity index (χ2v) is 11.0. The van der Waals surface area contributed by atoms with Gasteiger partial charge in [-0.3, -0.25) is 14.4 Å². The molecule has 31 heavy (non-hydrogen) atoms. The molecule has 0 N–H and O–H groups in total. The third-order valence-corrected chi connectivity index (χ3v) is 9.48. The molecule has 5 aliphatic carbocycles. The summed E-state index contributed by atoms with van der Waals surface area (Å²) < 4.78 is 5.82. The van der Waals surface area contributed by atoms with Gasteiger partial charge in [0.15, 0.2) is 0 Å². The van der Waals surface area contributed by atoms with Gasteiger partial charge < -0.3 is 4.74 Å². The normalized spacial score (nSPS) is 39.8. The van der Waals surface area contributed by atoms with Crippen LogP contribution in [0.1, 0.15) is 85.5 Å². The summed E-state index contributed by atoms with van der Waals surface area (Å²) in [5.74, 6) is -0.116. The van der Waals surface area contributed by atoms with Gasteiger partial charge in [0.05, 0.1) is 11.5 Å². The first-order valence-electron chi connectivity index (χ1n) is 12.1. The lowest BCUT2D eigenvalue weighted by Crippen LogP contribution is -2.46. The zero-order valence-corrected chi connectivity index (χ0v) is 19.3. The molecule has 0 saturated heterocycles. The minimum atomic E-state index is -0.503. The SMILES string of the molecule is CCC(C)OC(=O)[C@@H]1C=C2CC(=O)CCC2(C)C2=C1C1=CC[C@@]3(C)CCC(=O)C13CC2. The maximum atomic E-state index is 13.4. The number of ketones is 2. The van der Waals surface area contributed by atoms with Crippen molar-refractivity contribution in [1.82, 2.24) is 0 Å². The van der Waals surface area contributed by atoms with E-state index in [0.29, 0.717) is 25.0 Å². The number of Topliss-reactive ketones (excluding diaryl/α,β-unsaturated/α-hetero) is 2. The second kappa shape index (κ2) is 6.76. The monoisotopic (exact) mass is 422 g/mol. The smallest absolute Gasteiger partial charge is 0.317 e. The Bertz CT molecular complexity index is 981. The number of carbonyl (C=O) groups excluding carboxylic acids is 3. The summed E-state index contributed by atoms with van der Waals surface area (Å²) in [5.41, 5.74) is 3.92.